The van der Waals surface area contributed by atoms with E-state index in [0.29, 0.717) is 12.2 Å². The fourth-order valence-corrected chi connectivity index (χ4v) is 3.71. The van der Waals surface area contributed by atoms with E-state index in [2.05, 4.69) is 13.8 Å². The van der Waals surface area contributed by atoms with Crippen LogP contribution in [0.5, 0.6) is 0 Å². The van der Waals surface area contributed by atoms with E-state index in [4.69, 9.17) is 0 Å². The number of sulfone groups is 1. The maximum Gasteiger partial charge on any atom is 0.230 e. The molecular weight excluding hydrogens is 286 g/mol. The van der Waals surface area contributed by atoms with Gasteiger partial charge in [-0.3, -0.25) is 4.79 Å². The third-order valence-electron chi connectivity index (χ3n) is 4.26. The Labute approximate surface area is 127 Å². The van der Waals surface area contributed by atoms with Gasteiger partial charge in [-0.1, -0.05) is 32.9 Å². The lowest BCUT2D eigenvalue weighted by atomic mass is 10.1. The molecule has 2 rings (SSSR count). The van der Waals surface area contributed by atoms with Gasteiger partial charge in [-0.25, -0.2) is 8.42 Å². The molecule has 1 aromatic rings. The van der Waals surface area contributed by atoms with E-state index in [-0.39, 0.29) is 27.9 Å². The summed E-state index contributed by atoms with van der Waals surface area (Å²) in [4.78, 5) is 14.5. The Morgan fingerprint density at radius 3 is 2.33 bits per heavy atom. The molecule has 5 heteroatoms. The Morgan fingerprint density at radius 1 is 1.29 bits per heavy atom. The summed E-state index contributed by atoms with van der Waals surface area (Å²) in [5, 5.41) is 0. The second kappa shape index (κ2) is 5.44. The first-order valence-electron chi connectivity index (χ1n) is 7.37. The second-order valence-corrected chi connectivity index (χ2v) is 8.45. The standard InChI is InChI=1S/C16H23NO3S/c1-5-17(15(18)12-11-16(12,3)4)13-9-7-8-10-14(13)21(19,20)6-2/h7-10,12H,5-6,11H2,1-4H3/t12-/m0/s1. The van der Waals surface area contributed by atoms with Crippen molar-refractivity contribution < 1.29 is 13.2 Å². The number of nitrogens with zero attached hydrogens (tertiary/aromatic N) is 1. The number of rotatable bonds is 5. The number of carbonyl (C=O) groups is 1. The van der Waals surface area contributed by atoms with E-state index in [1.807, 2.05) is 6.92 Å². The molecule has 0 unspecified atom stereocenters. The molecule has 1 saturated carbocycles. The average molecular weight is 309 g/mol. The van der Waals surface area contributed by atoms with Crippen LogP contribution in [0.3, 0.4) is 0 Å². The highest BCUT2D eigenvalue weighted by molar-refractivity contribution is 7.91. The van der Waals surface area contributed by atoms with Gasteiger partial charge in [-0.2, -0.15) is 0 Å². The number of anilines is 1. The maximum absolute atomic E-state index is 12.7. The van der Waals surface area contributed by atoms with Crippen LogP contribution in [0.2, 0.25) is 0 Å². The second-order valence-electron chi connectivity index (χ2n) is 6.20. The average Bonchev–Trinajstić information content (AvgIpc) is 3.09. The smallest absolute Gasteiger partial charge is 0.230 e. The first-order valence-corrected chi connectivity index (χ1v) is 9.03. The van der Waals surface area contributed by atoms with Crippen molar-refractivity contribution in [2.24, 2.45) is 11.3 Å². The summed E-state index contributed by atoms with van der Waals surface area (Å²) in [7, 11) is -3.35. The molecule has 4 nitrogen and oxygen atoms in total. The lowest BCUT2D eigenvalue weighted by molar-refractivity contribution is -0.120. The first-order chi connectivity index (χ1) is 9.74. The quantitative estimate of drug-likeness (QED) is 0.840. The van der Waals surface area contributed by atoms with E-state index in [9.17, 15) is 13.2 Å². The summed E-state index contributed by atoms with van der Waals surface area (Å²) < 4.78 is 24.5. The SMILES string of the molecule is CCN(C(=O)[C@@H]1CC1(C)C)c1ccccc1S(=O)(=O)CC. The Bertz CT molecular complexity index is 649. The molecule has 1 fully saturated rings. The molecule has 0 radical (unpaired) electrons. The van der Waals surface area contributed by atoms with Gasteiger partial charge in [0.2, 0.25) is 5.91 Å². The van der Waals surface area contributed by atoms with Crippen LogP contribution in [0.4, 0.5) is 5.69 Å². The summed E-state index contributed by atoms with van der Waals surface area (Å²) >= 11 is 0. The van der Waals surface area contributed by atoms with Crippen LogP contribution in [0.1, 0.15) is 34.1 Å². The number of carbonyl (C=O) groups excluding carboxylic acids is 1. The normalized spacial score (nSPS) is 20.1. The molecule has 116 valence electrons. The molecule has 1 aliphatic carbocycles. The van der Waals surface area contributed by atoms with Gasteiger partial charge < -0.3 is 4.90 Å². The molecule has 0 aliphatic heterocycles. The van der Waals surface area contributed by atoms with Crippen LogP contribution in [-0.2, 0) is 14.6 Å². The van der Waals surface area contributed by atoms with Gasteiger partial charge in [-0.05, 0) is 30.9 Å². The lowest BCUT2D eigenvalue weighted by Crippen LogP contribution is -2.34. The van der Waals surface area contributed by atoms with Crippen LogP contribution in [0, 0.1) is 11.3 Å². The van der Waals surface area contributed by atoms with Gasteiger partial charge in [0.1, 0.15) is 0 Å². The van der Waals surface area contributed by atoms with E-state index in [1.165, 1.54) is 0 Å². The van der Waals surface area contributed by atoms with Crippen LogP contribution < -0.4 is 4.90 Å². The van der Waals surface area contributed by atoms with Crippen molar-refractivity contribution in [3.63, 3.8) is 0 Å². The third kappa shape index (κ3) is 2.98. The Morgan fingerprint density at radius 2 is 1.86 bits per heavy atom. The summed E-state index contributed by atoms with van der Waals surface area (Å²) in [5.41, 5.74) is 0.540. The molecule has 1 amide bonds. The minimum absolute atomic E-state index is 0.00478. The van der Waals surface area contributed by atoms with Gasteiger partial charge in [0.25, 0.3) is 0 Å². The van der Waals surface area contributed by atoms with Crippen LogP contribution in [0.25, 0.3) is 0 Å². The number of amides is 1. The fourth-order valence-electron chi connectivity index (χ4n) is 2.62. The van der Waals surface area contributed by atoms with Gasteiger partial charge in [0.15, 0.2) is 9.84 Å². The molecule has 1 atom stereocenters. The topological polar surface area (TPSA) is 54.5 Å². The highest BCUT2D eigenvalue weighted by Gasteiger charge is 2.52. The Balaban J connectivity index is 2.42. The van der Waals surface area contributed by atoms with Gasteiger partial charge in [0, 0.05) is 12.5 Å². The molecule has 0 N–H and O–H groups in total. The minimum Gasteiger partial charge on any atom is -0.311 e. The van der Waals surface area contributed by atoms with Crippen molar-refractivity contribution >= 4 is 21.4 Å². The number of hydrogen-bond donors (Lipinski definition) is 0. The summed E-state index contributed by atoms with van der Waals surface area (Å²) in [5.74, 6) is 0.0566. The summed E-state index contributed by atoms with van der Waals surface area (Å²) in [6.07, 6.45) is 0.866. The predicted octanol–water partition coefficient (Wildman–Crippen LogP) is 2.88. The maximum atomic E-state index is 12.7. The zero-order valence-corrected chi connectivity index (χ0v) is 13.9. The van der Waals surface area contributed by atoms with Crippen molar-refractivity contribution in [2.75, 3.05) is 17.2 Å². The number of benzene rings is 1. The van der Waals surface area contributed by atoms with Crippen molar-refractivity contribution in [3.05, 3.63) is 24.3 Å². The van der Waals surface area contributed by atoms with E-state index < -0.39 is 9.84 Å². The van der Waals surface area contributed by atoms with E-state index >= 15 is 0 Å². The van der Waals surface area contributed by atoms with Gasteiger partial charge in [-0.15, -0.1) is 0 Å². The van der Waals surface area contributed by atoms with Crippen LogP contribution in [0.15, 0.2) is 29.2 Å². The Kier molecular flexibility index (Phi) is 4.15. The van der Waals surface area contributed by atoms with Gasteiger partial charge >= 0.3 is 0 Å². The van der Waals surface area contributed by atoms with Crippen LogP contribution >= 0.6 is 0 Å². The molecule has 0 heterocycles. The number of para-hydroxylation sites is 1. The molecule has 0 bridgehead atoms. The van der Waals surface area contributed by atoms with E-state index in [1.54, 1.807) is 36.1 Å². The minimum atomic E-state index is -3.35. The van der Waals surface area contributed by atoms with Crippen molar-refractivity contribution in [1.29, 1.82) is 0 Å². The highest BCUT2D eigenvalue weighted by atomic mass is 32.2. The molecule has 1 aromatic carbocycles. The fraction of sp³-hybridized carbons (Fsp3) is 0.562. The molecule has 0 saturated heterocycles. The highest BCUT2D eigenvalue weighted by Crippen LogP contribution is 2.52. The molecule has 1 aliphatic rings. The molecule has 0 spiro atoms. The largest absolute Gasteiger partial charge is 0.311 e. The van der Waals surface area contributed by atoms with Gasteiger partial charge in [0.05, 0.1) is 16.3 Å². The monoisotopic (exact) mass is 309 g/mol. The van der Waals surface area contributed by atoms with Crippen LogP contribution in [-0.4, -0.2) is 26.6 Å². The first kappa shape index (κ1) is 16.0. The molecule has 21 heavy (non-hydrogen) atoms. The molecular formula is C16H23NO3S. The Hall–Kier alpha value is -1.36. The van der Waals surface area contributed by atoms with Crippen molar-refractivity contribution in [2.45, 2.75) is 39.0 Å². The third-order valence-corrected chi connectivity index (χ3v) is 6.04. The zero-order chi connectivity index (χ0) is 15.8. The summed E-state index contributed by atoms with van der Waals surface area (Å²) in [6, 6.07) is 6.78. The molecule has 0 aromatic heterocycles. The lowest BCUT2D eigenvalue weighted by Gasteiger charge is -2.24. The number of hydrogen-bond acceptors (Lipinski definition) is 3. The van der Waals surface area contributed by atoms with Crippen molar-refractivity contribution in [3.8, 4) is 0 Å². The summed E-state index contributed by atoms with van der Waals surface area (Å²) in [6.45, 7) is 8.11. The zero-order valence-electron chi connectivity index (χ0n) is 13.1. The predicted molar refractivity (Wildman–Crippen MR) is 84.1 cm³/mol. The van der Waals surface area contributed by atoms with Crippen molar-refractivity contribution in [1.82, 2.24) is 0 Å². The van der Waals surface area contributed by atoms with E-state index in [0.717, 1.165) is 6.42 Å².